The zero-order valence-electron chi connectivity index (χ0n) is 9.76. The van der Waals surface area contributed by atoms with E-state index in [0.29, 0.717) is 36.5 Å². The molecule has 100 valence electrons. The second-order valence-corrected chi connectivity index (χ2v) is 6.79. The van der Waals surface area contributed by atoms with E-state index in [1.54, 1.807) is 0 Å². The third-order valence-electron chi connectivity index (χ3n) is 2.79. The van der Waals surface area contributed by atoms with Gasteiger partial charge in [0.15, 0.2) is 0 Å². The first-order chi connectivity index (χ1) is 8.39. The van der Waals surface area contributed by atoms with Gasteiger partial charge in [0.25, 0.3) is 5.56 Å². The Morgan fingerprint density at radius 2 is 1.94 bits per heavy atom. The molecule has 0 spiro atoms. The second kappa shape index (κ2) is 4.98. The van der Waals surface area contributed by atoms with Gasteiger partial charge >= 0.3 is 0 Å². The summed E-state index contributed by atoms with van der Waals surface area (Å²) in [6, 6.07) is 0. The van der Waals surface area contributed by atoms with Crippen LogP contribution in [0, 0.1) is 0 Å². The van der Waals surface area contributed by atoms with Gasteiger partial charge in [-0.05, 0) is 15.9 Å². The van der Waals surface area contributed by atoms with Crippen LogP contribution >= 0.6 is 15.9 Å². The molecule has 2 rings (SSSR count). The Balaban J connectivity index is 2.15. The summed E-state index contributed by atoms with van der Waals surface area (Å²) in [6.45, 7) is 1.84. The van der Waals surface area contributed by atoms with Crippen molar-refractivity contribution in [2.45, 2.75) is 0 Å². The third kappa shape index (κ3) is 2.73. The van der Waals surface area contributed by atoms with Crippen molar-refractivity contribution in [2.75, 3.05) is 37.3 Å². The van der Waals surface area contributed by atoms with Crippen LogP contribution in [0.15, 0.2) is 15.6 Å². The van der Waals surface area contributed by atoms with Gasteiger partial charge in [-0.2, -0.15) is 4.31 Å². The van der Waals surface area contributed by atoms with Gasteiger partial charge in [-0.25, -0.2) is 13.4 Å². The molecule has 1 aliphatic rings. The molecule has 7 nitrogen and oxygen atoms in total. The summed E-state index contributed by atoms with van der Waals surface area (Å²) in [6.07, 6.45) is 2.54. The number of piperazine rings is 1. The van der Waals surface area contributed by atoms with Crippen LogP contribution in [0.25, 0.3) is 0 Å². The van der Waals surface area contributed by atoms with Gasteiger partial charge in [-0.15, -0.1) is 0 Å². The number of anilines is 1. The molecule has 1 saturated heterocycles. The normalized spacial score (nSPS) is 18.0. The van der Waals surface area contributed by atoms with E-state index in [1.807, 2.05) is 4.90 Å². The molecule has 0 aliphatic carbocycles. The Labute approximate surface area is 113 Å². The van der Waals surface area contributed by atoms with Crippen LogP contribution in [0.1, 0.15) is 0 Å². The predicted octanol–water partition coefficient (Wildman–Crippen LogP) is -0.386. The molecule has 1 N–H and O–H groups in total. The molecule has 0 bridgehead atoms. The third-order valence-corrected chi connectivity index (χ3v) is 4.80. The monoisotopic (exact) mass is 336 g/mol. The first kappa shape index (κ1) is 13.5. The lowest BCUT2D eigenvalue weighted by molar-refractivity contribution is 0.386. The summed E-state index contributed by atoms with van der Waals surface area (Å²) in [7, 11) is -3.14. The van der Waals surface area contributed by atoms with Crippen LogP contribution in [0.5, 0.6) is 0 Å². The van der Waals surface area contributed by atoms with E-state index in [2.05, 4.69) is 25.9 Å². The number of H-pyrrole nitrogens is 1. The van der Waals surface area contributed by atoms with Crippen LogP contribution in [0.4, 0.5) is 5.82 Å². The van der Waals surface area contributed by atoms with Crippen molar-refractivity contribution >= 4 is 31.8 Å². The van der Waals surface area contributed by atoms with Crippen LogP contribution in [0.3, 0.4) is 0 Å². The lowest BCUT2D eigenvalue weighted by Crippen LogP contribution is -2.49. The number of nitrogens with one attached hydrogen (secondary N) is 1. The zero-order valence-corrected chi connectivity index (χ0v) is 12.2. The number of rotatable bonds is 2. The highest BCUT2D eigenvalue weighted by Crippen LogP contribution is 2.20. The van der Waals surface area contributed by atoms with E-state index < -0.39 is 10.0 Å². The van der Waals surface area contributed by atoms with Gasteiger partial charge in [0, 0.05) is 26.2 Å². The standard InChI is InChI=1S/C9H13BrN4O3S/c1-18(16,17)14-4-2-13(3-5-14)8-7(10)9(15)12-6-11-8/h6H,2-5H2,1H3,(H,11,12,15). The summed E-state index contributed by atoms with van der Waals surface area (Å²) >= 11 is 3.19. The van der Waals surface area contributed by atoms with E-state index >= 15 is 0 Å². The number of aromatic amines is 1. The summed E-state index contributed by atoms with van der Waals surface area (Å²) < 4.78 is 24.6. The fourth-order valence-corrected chi connectivity index (χ4v) is 3.12. The Hall–Kier alpha value is -0.930. The van der Waals surface area contributed by atoms with Crippen LogP contribution < -0.4 is 10.5 Å². The minimum atomic E-state index is -3.14. The summed E-state index contributed by atoms with van der Waals surface area (Å²) in [5.74, 6) is 0.548. The van der Waals surface area contributed by atoms with E-state index in [-0.39, 0.29) is 5.56 Å². The Kier molecular flexibility index (Phi) is 3.74. The zero-order chi connectivity index (χ0) is 13.3. The molecule has 1 aliphatic heterocycles. The van der Waals surface area contributed by atoms with Gasteiger partial charge in [-0.3, -0.25) is 4.79 Å². The van der Waals surface area contributed by atoms with E-state index in [0.717, 1.165) is 0 Å². The molecule has 9 heteroatoms. The lowest BCUT2D eigenvalue weighted by atomic mass is 10.3. The molecule has 0 unspecified atom stereocenters. The van der Waals surface area contributed by atoms with E-state index in [9.17, 15) is 13.2 Å². The SMILES string of the molecule is CS(=O)(=O)N1CCN(c2nc[nH]c(=O)c2Br)CC1. The first-order valence-corrected chi connectivity index (χ1v) is 7.97. The van der Waals surface area contributed by atoms with Gasteiger partial charge in [0.1, 0.15) is 10.3 Å². The number of hydrogen-bond donors (Lipinski definition) is 1. The summed E-state index contributed by atoms with van der Waals surface area (Å²) in [5, 5.41) is 0. The van der Waals surface area contributed by atoms with Crippen molar-refractivity contribution in [1.82, 2.24) is 14.3 Å². The molecule has 0 aromatic carbocycles. The molecule has 1 aromatic rings. The van der Waals surface area contributed by atoms with Crippen molar-refractivity contribution in [3.8, 4) is 0 Å². The number of nitrogens with zero attached hydrogens (tertiary/aromatic N) is 3. The van der Waals surface area contributed by atoms with Crippen molar-refractivity contribution < 1.29 is 8.42 Å². The average molecular weight is 337 g/mol. The maximum Gasteiger partial charge on any atom is 0.267 e. The van der Waals surface area contributed by atoms with Gasteiger partial charge in [0.2, 0.25) is 10.0 Å². The smallest absolute Gasteiger partial charge is 0.267 e. The Morgan fingerprint density at radius 1 is 1.33 bits per heavy atom. The maximum atomic E-state index is 11.4. The molecule has 18 heavy (non-hydrogen) atoms. The summed E-state index contributed by atoms with van der Waals surface area (Å²) in [5.41, 5.74) is -0.245. The molecule has 0 amide bonds. The minimum absolute atomic E-state index is 0.245. The maximum absolute atomic E-state index is 11.4. The molecule has 0 atom stereocenters. The van der Waals surface area contributed by atoms with Gasteiger partial charge in [0.05, 0.1) is 12.6 Å². The average Bonchev–Trinajstić information content (AvgIpc) is 2.32. The topological polar surface area (TPSA) is 86.4 Å². The molecule has 0 radical (unpaired) electrons. The Morgan fingerprint density at radius 3 is 2.50 bits per heavy atom. The largest absolute Gasteiger partial charge is 0.353 e. The van der Waals surface area contributed by atoms with Crippen molar-refractivity contribution in [2.24, 2.45) is 0 Å². The molecular weight excluding hydrogens is 324 g/mol. The fourth-order valence-electron chi connectivity index (χ4n) is 1.83. The van der Waals surface area contributed by atoms with Crippen LogP contribution in [-0.2, 0) is 10.0 Å². The molecule has 2 heterocycles. The molecular formula is C9H13BrN4O3S. The number of aromatic nitrogens is 2. The highest BCUT2D eigenvalue weighted by Gasteiger charge is 2.25. The highest BCUT2D eigenvalue weighted by molar-refractivity contribution is 9.10. The van der Waals surface area contributed by atoms with Gasteiger partial charge in [-0.1, -0.05) is 0 Å². The fraction of sp³-hybridized carbons (Fsp3) is 0.556. The second-order valence-electron chi connectivity index (χ2n) is 4.02. The predicted molar refractivity (Wildman–Crippen MR) is 71.2 cm³/mol. The number of sulfonamides is 1. The summed E-state index contributed by atoms with van der Waals surface area (Å²) in [4.78, 5) is 19.9. The minimum Gasteiger partial charge on any atom is -0.353 e. The lowest BCUT2D eigenvalue weighted by Gasteiger charge is -2.34. The quantitative estimate of drug-likeness (QED) is 0.795. The van der Waals surface area contributed by atoms with E-state index in [4.69, 9.17) is 0 Å². The van der Waals surface area contributed by atoms with Crippen molar-refractivity contribution in [3.63, 3.8) is 0 Å². The van der Waals surface area contributed by atoms with Crippen molar-refractivity contribution in [1.29, 1.82) is 0 Å². The van der Waals surface area contributed by atoms with Crippen molar-refractivity contribution in [3.05, 3.63) is 21.2 Å². The van der Waals surface area contributed by atoms with Crippen LogP contribution in [-0.4, -0.2) is 55.1 Å². The molecule has 1 fully saturated rings. The Bertz CT molecular complexity index is 592. The van der Waals surface area contributed by atoms with E-state index in [1.165, 1.54) is 16.9 Å². The van der Waals surface area contributed by atoms with Crippen LogP contribution in [0.2, 0.25) is 0 Å². The molecule has 1 aromatic heterocycles. The number of halogens is 1. The first-order valence-electron chi connectivity index (χ1n) is 5.33. The molecule has 0 saturated carbocycles. The van der Waals surface area contributed by atoms with Gasteiger partial charge < -0.3 is 9.88 Å². The number of hydrogen-bond acceptors (Lipinski definition) is 5. The highest BCUT2D eigenvalue weighted by atomic mass is 79.9.